The van der Waals surface area contributed by atoms with Gasteiger partial charge >= 0.3 is 0 Å². The van der Waals surface area contributed by atoms with E-state index in [1.165, 1.54) is 19.5 Å². The van der Waals surface area contributed by atoms with E-state index < -0.39 is 0 Å². The van der Waals surface area contributed by atoms with E-state index >= 15 is 0 Å². The molecule has 1 saturated heterocycles. The fraction of sp³-hybridized carbons (Fsp3) is 1.00. The normalized spacial score (nSPS) is 39.0. The van der Waals surface area contributed by atoms with E-state index in [2.05, 4.69) is 25.8 Å². The van der Waals surface area contributed by atoms with Gasteiger partial charge in [-0.2, -0.15) is 0 Å². The number of rotatable bonds is 0. The van der Waals surface area contributed by atoms with Crippen LogP contribution in [0.1, 0.15) is 20.3 Å². The number of piperidine rings is 1. The summed E-state index contributed by atoms with van der Waals surface area (Å²) in [7, 11) is 2.21. The van der Waals surface area contributed by atoms with E-state index in [4.69, 9.17) is 0 Å². The zero-order valence-electron chi connectivity index (χ0n) is 6.72. The Morgan fingerprint density at radius 1 is 1.22 bits per heavy atom. The summed E-state index contributed by atoms with van der Waals surface area (Å²) < 4.78 is 0. The van der Waals surface area contributed by atoms with Gasteiger partial charge in [0.2, 0.25) is 0 Å². The minimum absolute atomic E-state index is 0.906. The predicted molar refractivity (Wildman–Crippen MR) is 40.4 cm³/mol. The van der Waals surface area contributed by atoms with Crippen molar-refractivity contribution in [2.45, 2.75) is 20.3 Å². The summed E-state index contributed by atoms with van der Waals surface area (Å²) in [4.78, 5) is 2.42. The van der Waals surface area contributed by atoms with E-state index in [9.17, 15) is 0 Å². The maximum atomic E-state index is 2.42. The van der Waals surface area contributed by atoms with Crippen LogP contribution in [0.3, 0.4) is 0 Å². The van der Waals surface area contributed by atoms with Gasteiger partial charge in [0.25, 0.3) is 0 Å². The lowest BCUT2D eigenvalue weighted by Gasteiger charge is -2.32. The van der Waals surface area contributed by atoms with Crippen LogP contribution in [0.4, 0.5) is 0 Å². The molecule has 1 aliphatic rings. The quantitative estimate of drug-likeness (QED) is 0.477. The SMILES string of the molecule is C[C@@H]1CN(C)CC[C@@H]1C. The molecule has 1 heterocycles. The third-order valence-corrected chi connectivity index (χ3v) is 2.54. The standard InChI is InChI=1S/C8H17N/c1-7-4-5-9(3)6-8(7)2/h7-8H,4-6H2,1-3H3/t7-,8+/m0/s1. The van der Waals surface area contributed by atoms with E-state index in [0.717, 1.165) is 11.8 Å². The molecule has 0 radical (unpaired) electrons. The molecule has 0 aliphatic carbocycles. The number of nitrogens with zero attached hydrogens (tertiary/aromatic N) is 1. The summed E-state index contributed by atoms with van der Waals surface area (Å²) in [6.07, 6.45) is 1.39. The van der Waals surface area contributed by atoms with Crippen molar-refractivity contribution in [2.24, 2.45) is 11.8 Å². The summed E-state index contributed by atoms with van der Waals surface area (Å²) in [6, 6.07) is 0. The summed E-state index contributed by atoms with van der Waals surface area (Å²) in [5, 5.41) is 0. The van der Waals surface area contributed by atoms with Crippen LogP contribution < -0.4 is 0 Å². The first kappa shape index (κ1) is 7.07. The summed E-state index contributed by atoms with van der Waals surface area (Å²) in [5.41, 5.74) is 0. The van der Waals surface area contributed by atoms with Gasteiger partial charge in [-0.3, -0.25) is 0 Å². The Bertz CT molecular complexity index is 90.6. The van der Waals surface area contributed by atoms with Crippen molar-refractivity contribution in [1.82, 2.24) is 4.90 Å². The van der Waals surface area contributed by atoms with E-state index in [1.54, 1.807) is 0 Å². The molecule has 9 heavy (non-hydrogen) atoms. The van der Waals surface area contributed by atoms with Crippen LogP contribution in [0, 0.1) is 11.8 Å². The Balaban J connectivity index is 2.35. The van der Waals surface area contributed by atoms with Gasteiger partial charge < -0.3 is 4.90 Å². The third-order valence-electron chi connectivity index (χ3n) is 2.54. The van der Waals surface area contributed by atoms with E-state index in [0.29, 0.717) is 0 Å². The fourth-order valence-corrected chi connectivity index (χ4v) is 1.47. The van der Waals surface area contributed by atoms with Gasteiger partial charge in [0.1, 0.15) is 0 Å². The topological polar surface area (TPSA) is 3.24 Å². The smallest absolute Gasteiger partial charge is 0.000652 e. The van der Waals surface area contributed by atoms with Crippen molar-refractivity contribution in [3.8, 4) is 0 Å². The second kappa shape index (κ2) is 2.70. The van der Waals surface area contributed by atoms with Crippen LogP contribution in [-0.4, -0.2) is 25.0 Å². The molecule has 1 heteroatoms. The highest BCUT2D eigenvalue weighted by molar-refractivity contribution is 4.72. The lowest BCUT2D eigenvalue weighted by atomic mass is 9.89. The molecule has 0 unspecified atom stereocenters. The van der Waals surface area contributed by atoms with Gasteiger partial charge in [-0.25, -0.2) is 0 Å². The fourth-order valence-electron chi connectivity index (χ4n) is 1.47. The van der Waals surface area contributed by atoms with Gasteiger partial charge in [0, 0.05) is 6.54 Å². The van der Waals surface area contributed by atoms with Crippen molar-refractivity contribution in [3.63, 3.8) is 0 Å². The maximum Gasteiger partial charge on any atom is 0.000652 e. The van der Waals surface area contributed by atoms with Crippen LogP contribution >= 0.6 is 0 Å². The summed E-state index contributed by atoms with van der Waals surface area (Å²) in [6.45, 7) is 7.30. The molecule has 0 aromatic carbocycles. The van der Waals surface area contributed by atoms with Crippen LogP contribution in [0.15, 0.2) is 0 Å². The molecule has 1 rings (SSSR count). The van der Waals surface area contributed by atoms with Crippen molar-refractivity contribution >= 4 is 0 Å². The molecule has 1 aliphatic heterocycles. The molecule has 0 spiro atoms. The minimum Gasteiger partial charge on any atom is -0.306 e. The van der Waals surface area contributed by atoms with Crippen LogP contribution in [0.25, 0.3) is 0 Å². The zero-order valence-corrected chi connectivity index (χ0v) is 6.72. The first-order chi connectivity index (χ1) is 4.20. The highest BCUT2D eigenvalue weighted by Crippen LogP contribution is 2.20. The lowest BCUT2D eigenvalue weighted by molar-refractivity contribution is 0.166. The molecule has 0 amide bonds. The first-order valence-electron chi connectivity index (χ1n) is 3.88. The molecule has 0 aromatic rings. The van der Waals surface area contributed by atoms with Gasteiger partial charge in [-0.1, -0.05) is 13.8 Å². The second-order valence-electron chi connectivity index (χ2n) is 3.51. The number of hydrogen-bond donors (Lipinski definition) is 0. The number of likely N-dealkylation sites (tertiary alicyclic amines) is 1. The average Bonchev–Trinajstić information content (AvgIpc) is 1.80. The molecular formula is C8H17N. The highest BCUT2D eigenvalue weighted by atomic mass is 15.1. The lowest BCUT2D eigenvalue weighted by Crippen LogP contribution is -2.35. The monoisotopic (exact) mass is 127 g/mol. The van der Waals surface area contributed by atoms with Crippen LogP contribution in [-0.2, 0) is 0 Å². The maximum absolute atomic E-state index is 2.42. The van der Waals surface area contributed by atoms with Crippen molar-refractivity contribution in [3.05, 3.63) is 0 Å². The van der Waals surface area contributed by atoms with Crippen molar-refractivity contribution in [1.29, 1.82) is 0 Å². The Morgan fingerprint density at radius 3 is 2.33 bits per heavy atom. The summed E-state index contributed by atoms with van der Waals surface area (Å²) in [5.74, 6) is 1.85. The Labute approximate surface area is 58.0 Å². The average molecular weight is 127 g/mol. The molecule has 2 atom stereocenters. The molecule has 1 nitrogen and oxygen atoms in total. The highest BCUT2D eigenvalue weighted by Gasteiger charge is 2.19. The second-order valence-corrected chi connectivity index (χ2v) is 3.51. The largest absolute Gasteiger partial charge is 0.306 e. The molecule has 0 N–H and O–H groups in total. The molecule has 0 bridgehead atoms. The first-order valence-corrected chi connectivity index (χ1v) is 3.88. The van der Waals surface area contributed by atoms with Crippen molar-refractivity contribution < 1.29 is 0 Å². The zero-order chi connectivity index (χ0) is 6.85. The summed E-state index contributed by atoms with van der Waals surface area (Å²) >= 11 is 0. The van der Waals surface area contributed by atoms with Crippen LogP contribution in [0.2, 0.25) is 0 Å². The van der Waals surface area contributed by atoms with Gasteiger partial charge in [-0.05, 0) is 31.8 Å². The Kier molecular flexibility index (Phi) is 2.12. The van der Waals surface area contributed by atoms with Gasteiger partial charge in [0.15, 0.2) is 0 Å². The van der Waals surface area contributed by atoms with Crippen molar-refractivity contribution in [2.75, 3.05) is 20.1 Å². The van der Waals surface area contributed by atoms with E-state index in [-0.39, 0.29) is 0 Å². The minimum atomic E-state index is 0.906. The van der Waals surface area contributed by atoms with Gasteiger partial charge in [-0.15, -0.1) is 0 Å². The predicted octanol–water partition coefficient (Wildman–Crippen LogP) is 1.59. The van der Waals surface area contributed by atoms with Gasteiger partial charge in [0.05, 0.1) is 0 Å². The molecule has 0 aromatic heterocycles. The number of hydrogen-bond acceptors (Lipinski definition) is 1. The van der Waals surface area contributed by atoms with Crippen LogP contribution in [0.5, 0.6) is 0 Å². The molecule has 54 valence electrons. The van der Waals surface area contributed by atoms with E-state index in [1.807, 2.05) is 0 Å². The molecular weight excluding hydrogens is 110 g/mol. The molecule has 1 fully saturated rings. The third kappa shape index (κ3) is 1.68. The Morgan fingerprint density at radius 2 is 1.89 bits per heavy atom. The molecule has 0 saturated carbocycles. The Hall–Kier alpha value is -0.0400.